The number of aryl methyl sites for hydroxylation is 5. The predicted octanol–water partition coefficient (Wildman–Crippen LogP) is 4.77. The van der Waals surface area contributed by atoms with Crippen molar-refractivity contribution in [3.8, 4) is 0 Å². The number of hydrogen-bond donors (Lipinski definition) is 1. The molecule has 1 N–H and O–H groups in total. The van der Waals surface area contributed by atoms with Crippen LogP contribution in [0, 0.1) is 27.7 Å². The van der Waals surface area contributed by atoms with Gasteiger partial charge in [0.25, 0.3) is 5.56 Å². The Morgan fingerprint density at radius 2 is 1.85 bits per heavy atom. The van der Waals surface area contributed by atoms with Gasteiger partial charge in [-0.2, -0.15) is 5.10 Å². The summed E-state index contributed by atoms with van der Waals surface area (Å²) in [7, 11) is 1.85. The van der Waals surface area contributed by atoms with Gasteiger partial charge in [0.1, 0.15) is 4.83 Å². The molecule has 1 amide bonds. The van der Waals surface area contributed by atoms with Gasteiger partial charge in [-0.15, -0.1) is 11.3 Å². The summed E-state index contributed by atoms with van der Waals surface area (Å²) >= 11 is 2.85. The fraction of sp³-hybridized carbons (Fsp3) is 0.360. The molecule has 34 heavy (non-hydrogen) atoms. The normalized spacial score (nSPS) is 11.4. The fourth-order valence-electron chi connectivity index (χ4n) is 3.97. The summed E-state index contributed by atoms with van der Waals surface area (Å²) < 4.78 is 3.45. The van der Waals surface area contributed by atoms with E-state index in [1.165, 1.54) is 16.6 Å². The van der Waals surface area contributed by atoms with E-state index in [9.17, 15) is 9.59 Å². The lowest BCUT2D eigenvalue weighted by Gasteiger charge is -2.13. The molecule has 0 aliphatic heterocycles. The zero-order valence-corrected chi connectivity index (χ0v) is 22.0. The maximum atomic E-state index is 13.6. The third kappa shape index (κ3) is 4.67. The molecule has 0 unspecified atom stereocenters. The third-order valence-corrected chi connectivity index (χ3v) is 8.31. The summed E-state index contributed by atoms with van der Waals surface area (Å²) in [6.45, 7) is 10.3. The van der Waals surface area contributed by atoms with Gasteiger partial charge in [0.2, 0.25) is 5.91 Å². The first-order valence-corrected chi connectivity index (χ1v) is 13.0. The molecule has 4 rings (SSSR count). The van der Waals surface area contributed by atoms with Crippen LogP contribution in [0.5, 0.6) is 0 Å². The van der Waals surface area contributed by atoms with E-state index < -0.39 is 0 Å². The number of thioether (sulfide) groups is 1. The average molecular weight is 496 g/mol. The van der Waals surface area contributed by atoms with Crippen LogP contribution in [-0.2, 0) is 24.8 Å². The zero-order chi connectivity index (χ0) is 24.6. The molecule has 3 aromatic heterocycles. The van der Waals surface area contributed by atoms with E-state index in [0.717, 1.165) is 45.0 Å². The molecule has 9 heteroatoms. The summed E-state index contributed by atoms with van der Waals surface area (Å²) in [5.41, 5.74) is 5.54. The Balaban J connectivity index is 1.67. The van der Waals surface area contributed by atoms with Gasteiger partial charge < -0.3 is 5.32 Å². The third-order valence-electron chi connectivity index (χ3n) is 6.00. The summed E-state index contributed by atoms with van der Waals surface area (Å²) in [6.07, 6.45) is 0.860. The molecule has 0 fully saturated rings. The van der Waals surface area contributed by atoms with E-state index in [1.807, 2.05) is 59.0 Å². The van der Waals surface area contributed by atoms with Crippen molar-refractivity contribution in [2.45, 2.75) is 52.7 Å². The number of benzene rings is 1. The Morgan fingerprint density at radius 3 is 2.47 bits per heavy atom. The number of nitrogens with zero attached hydrogens (tertiary/aromatic N) is 4. The molecule has 0 saturated carbocycles. The van der Waals surface area contributed by atoms with Crippen LogP contribution in [0.15, 0.2) is 34.2 Å². The quantitative estimate of drug-likeness (QED) is 0.295. The van der Waals surface area contributed by atoms with Crippen molar-refractivity contribution in [1.82, 2.24) is 19.3 Å². The van der Waals surface area contributed by atoms with Gasteiger partial charge in [0, 0.05) is 11.9 Å². The van der Waals surface area contributed by atoms with Crippen molar-refractivity contribution >= 4 is 44.9 Å². The summed E-state index contributed by atoms with van der Waals surface area (Å²) in [6, 6.07) is 8.13. The molecular weight excluding hydrogens is 466 g/mol. The van der Waals surface area contributed by atoms with Crippen LogP contribution in [0.3, 0.4) is 0 Å². The lowest BCUT2D eigenvalue weighted by atomic mass is 10.1. The maximum Gasteiger partial charge on any atom is 0.263 e. The van der Waals surface area contributed by atoms with Crippen LogP contribution in [0.25, 0.3) is 10.2 Å². The highest BCUT2D eigenvalue weighted by Gasteiger charge is 2.19. The van der Waals surface area contributed by atoms with E-state index in [2.05, 4.69) is 17.3 Å². The molecule has 4 aromatic rings. The molecule has 7 nitrogen and oxygen atoms in total. The number of thiophene rings is 1. The maximum absolute atomic E-state index is 13.6. The van der Waals surface area contributed by atoms with Crippen LogP contribution in [0.1, 0.15) is 39.9 Å². The highest BCUT2D eigenvalue weighted by molar-refractivity contribution is 7.99. The largest absolute Gasteiger partial charge is 0.322 e. The minimum atomic E-state index is -0.156. The standard InChI is InChI=1S/C25H29N5O2S2/c1-7-19-15(3)21-23(34-19)27-25(30(24(21)32)12-18-10-8-14(2)9-11-18)33-13-20(31)26-22-16(4)28-29(6)17(22)5/h8-11H,7,12-13H2,1-6H3,(H,26,31). The van der Waals surface area contributed by atoms with Gasteiger partial charge in [0.05, 0.1) is 34.8 Å². The first-order chi connectivity index (χ1) is 16.2. The average Bonchev–Trinajstić information content (AvgIpc) is 3.25. The highest BCUT2D eigenvalue weighted by Crippen LogP contribution is 2.30. The van der Waals surface area contributed by atoms with E-state index in [4.69, 9.17) is 4.98 Å². The Hall–Kier alpha value is -2.91. The van der Waals surface area contributed by atoms with Crippen LogP contribution in [0.4, 0.5) is 5.69 Å². The van der Waals surface area contributed by atoms with Crippen molar-refractivity contribution in [1.29, 1.82) is 0 Å². The van der Waals surface area contributed by atoms with Gasteiger partial charge in [-0.05, 0) is 45.2 Å². The van der Waals surface area contributed by atoms with Crippen LogP contribution in [0.2, 0.25) is 0 Å². The van der Waals surface area contributed by atoms with Gasteiger partial charge in [-0.1, -0.05) is 48.5 Å². The molecule has 0 aliphatic rings. The van der Waals surface area contributed by atoms with Crippen molar-refractivity contribution in [3.63, 3.8) is 0 Å². The lowest BCUT2D eigenvalue weighted by molar-refractivity contribution is -0.113. The first-order valence-electron chi connectivity index (χ1n) is 11.2. The molecular formula is C25H29N5O2S2. The second-order valence-corrected chi connectivity index (χ2v) is 10.5. The van der Waals surface area contributed by atoms with E-state index in [0.29, 0.717) is 17.1 Å². The van der Waals surface area contributed by atoms with E-state index in [1.54, 1.807) is 20.6 Å². The number of nitrogens with one attached hydrogen (secondary N) is 1. The molecule has 3 heterocycles. The summed E-state index contributed by atoms with van der Waals surface area (Å²) in [5, 5.41) is 8.55. The van der Waals surface area contributed by atoms with E-state index in [-0.39, 0.29) is 17.2 Å². The van der Waals surface area contributed by atoms with Crippen LogP contribution >= 0.6 is 23.1 Å². The number of carbonyl (C=O) groups is 1. The summed E-state index contributed by atoms with van der Waals surface area (Å²) in [4.78, 5) is 33.1. The SMILES string of the molecule is CCc1sc2nc(SCC(=O)Nc3c(C)nn(C)c3C)n(Cc3ccc(C)cc3)c(=O)c2c1C. The van der Waals surface area contributed by atoms with Gasteiger partial charge in [0.15, 0.2) is 5.16 Å². The van der Waals surface area contributed by atoms with Gasteiger partial charge in [-0.25, -0.2) is 4.98 Å². The van der Waals surface area contributed by atoms with Crippen molar-refractivity contribution < 1.29 is 4.79 Å². The zero-order valence-electron chi connectivity index (χ0n) is 20.4. The Bertz CT molecular complexity index is 1430. The number of carbonyl (C=O) groups excluding carboxylic acids is 1. The molecule has 0 atom stereocenters. The monoisotopic (exact) mass is 495 g/mol. The van der Waals surface area contributed by atoms with Crippen LogP contribution in [-0.4, -0.2) is 31.0 Å². The molecule has 1 aromatic carbocycles. The molecule has 0 saturated heterocycles. The van der Waals surface area contributed by atoms with Gasteiger partial charge in [-0.3, -0.25) is 18.8 Å². The molecule has 178 valence electrons. The highest BCUT2D eigenvalue weighted by atomic mass is 32.2. The summed E-state index contributed by atoms with van der Waals surface area (Å²) in [5.74, 6) is -0.0121. The number of rotatable bonds is 7. The number of aromatic nitrogens is 4. The van der Waals surface area contributed by atoms with Crippen molar-refractivity contribution in [3.05, 3.63) is 67.6 Å². The molecule has 0 spiro atoms. The predicted molar refractivity (Wildman–Crippen MR) is 140 cm³/mol. The number of amides is 1. The number of hydrogen-bond acceptors (Lipinski definition) is 6. The number of fused-ring (bicyclic) bond motifs is 1. The Kier molecular flexibility index (Phi) is 6.95. The minimum absolute atomic E-state index is 0.0547. The van der Waals surface area contributed by atoms with E-state index >= 15 is 0 Å². The second-order valence-electron chi connectivity index (χ2n) is 8.46. The molecule has 0 aliphatic carbocycles. The van der Waals surface area contributed by atoms with Crippen LogP contribution < -0.4 is 10.9 Å². The number of anilines is 1. The van der Waals surface area contributed by atoms with Crippen molar-refractivity contribution in [2.24, 2.45) is 7.05 Å². The minimum Gasteiger partial charge on any atom is -0.322 e. The first kappa shape index (κ1) is 24.2. The Labute approximate surface area is 207 Å². The Morgan fingerprint density at radius 1 is 1.15 bits per heavy atom. The van der Waals surface area contributed by atoms with Crippen molar-refractivity contribution in [2.75, 3.05) is 11.1 Å². The molecule has 0 radical (unpaired) electrons. The molecule has 0 bridgehead atoms. The van der Waals surface area contributed by atoms with Gasteiger partial charge >= 0.3 is 0 Å². The fourth-order valence-corrected chi connectivity index (χ4v) is 5.92. The smallest absolute Gasteiger partial charge is 0.263 e. The lowest BCUT2D eigenvalue weighted by Crippen LogP contribution is -2.25. The second kappa shape index (κ2) is 9.76. The topological polar surface area (TPSA) is 81.8 Å².